The van der Waals surface area contributed by atoms with E-state index in [9.17, 15) is 4.79 Å². The topological polar surface area (TPSA) is 94.0 Å². The lowest BCUT2D eigenvalue weighted by molar-refractivity contribution is 0.0954. The zero-order valence-electron chi connectivity index (χ0n) is 11.6. The second-order valence-electron chi connectivity index (χ2n) is 4.71. The second kappa shape index (κ2) is 5.17. The highest BCUT2D eigenvalue weighted by molar-refractivity contribution is 7.21. The quantitative estimate of drug-likeness (QED) is 0.775. The monoisotopic (exact) mass is 302 g/mol. The van der Waals surface area contributed by atoms with E-state index in [1.165, 1.54) is 11.3 Å². The van der Waals surface area contributed by atoms with Crippen LogP contribution in [0.4, 0.5) is 5.69 Å². The highest BCUT2D eigenvalue weighted by atomic mass is 32.1. The van der Waals surface area contributed by atoms with Crippen molar-refractivity contribution in [3.05, 3.63) is 40.4 Å². The smallest absolute Gasteiger partial charge is 0.263 e. The van der Waals surface area contributed by atoms with Gasteiger partial charge in [-0.2, -0.15) is 4.98 Å². The minimum Gasteiger partial charge on any atom is -0.397 e. The summed E-state index contributed by atoms with van der Waals surface area (Å²) in [4.78, 5) is 16.8. The summed E-state index contributed by atoms with van der Waals surface area (Å²) in [5, 5.41) is 7.41. The molecule has 0 atom stereocenters. The van der Waals surface area contributed by atoms with E-state index in [2.05, 4.69) is 15.5 Å². The summed E-state index contributed by atoms with van der Waals surface area (Å²) in [7, 11) is 0. The highest BCUT2D eigenvalue weighted by Gasteiger charge is 2.17. The van der Waals surface area contributed by atoms with Crippen LogP contribution in [-0.4, -0.2) is 16.0 Å². The molecular weight excluding hydrogens is 288 g/mol. The first-order valence-corrected chi connectivity index (χ1v) is 7.23. The molecule has 0 aliphatic heterocycles. The third-order valence-electron chi connectivity index (χ3n) is 3.13. The van der Waals surface area contributed by atoms with Crippen molar-refractivity contribution in [2.24, 2.45) is 0 Å². The van der Waals surface area contributed by atoms with Gasteiger partial charge in [0.25, 0.3) is 5.91 Å². The molecule has 0 bridgehead atoms. The van der Waals surface area contributed by atoms with Crippen LogP contribution in [0.3, 0.4) is 0 Å². The van der Waals surface area contributed by atoms with Crippen molar-refractivity contribution in [3.63, 3.8) is 0 Å². The predicted octanol–water partition coefficient (Wildman–Crippen LogP) is 2.41. The van der Waals surface area contributed by atoms with Crippen molar-refractivity contribution in [3.8, 4) is 0 Å². The summed E-state index contributed by atoms with van der Waals surface area (Å²) in [5.74, 6) is 0.684. The molecule has 1 aromatic carbocycles. The maximum absolute atomic E-state index is 12.3. The largest absolute Gasteiger partial charge is 0.397 e. The molecule has 21 heavy (non-hydrogen) atoms. The van der Waals surface area contributed by atoms with Crippen LogP contribution in [0.5, 0.6) is 0 Å². The Morgan fingerprint density at radius 3 is 2.90 bits per heavy atom. The molecule has 3 aromatic rings. The third kappa shape index (κ3) is 2.47. The number of nitrogens with one attached hydrogen (secondary N) is 1. The number of carbonyl (C=O) groups excluding carboxylic acids is 1. The van der Waals surface area contributed by atoms with Gasteiger partial charge in [-0.25, -0.2) is 0 Å². The number of nitrogens with zero attached hydrogens (tertiary/aromatic N) is 2. The SMILES string of the molecule is Cc1nc(CNC(=O)c2sc3c(C)cccc3c2N)no1. The lowest BCUT2D eigenvalue weighted by atomic mass is 10.1. The zero-order valence-corrected chi connectivity index (χ0v) is 12.5. The third-order valence-corrected chi connectivity index (χ3v) is 4.49. The standard InChI is InChI=1S/C14H14N4O2S/c1-7-4-3-5-9-11(15)13(21-12(7)9)14(19)16-6-10-17-8(2)20-18-10/h3-5H,6,15H2,1-2H3,(H,16,19). The minimum atomic E-state index is -0.226. The number of benzene rings is 1. The molecule has 2 aromatic heterocycles. The minimum absolute atomic E-state index is 0.211. The van der Waals surface area contributed by atoms with Gasteiger partial charge in [0.15, 0.2) is 5.82 Å². The molecule has 0 unspecified atom stereocenters. The van der Waals surface area contributed by atoms with Crippen LogP contribution in [0, 0.1) is 13.8 Å². The molecular formula is C14H14N4O2S. The molecule has 3 N–H and O–H groups in total. The van der Waals surface area contributed by atoms with Crippen LogP contribution < -0.4 is 11.1 Å². The molecule has 0 aliphatic rings. The normalized spacial score (nSPS) is 11.0. The summed E-state index contributed by atoms with van der Waals surface area (Å²) in [6, 6.07) is 5.86. The maximum atomic E-state index is 12.3. The number of rotatable bonds is 3. The van der Waals surface area contributed by atoms with E-state index in [4.69, 9.17) is 10.3 Å². The van der Waals surface area contributed by atoms with Crippen molar-refractivity contribution in [2.75, 3.05) is 5.73 Å². The van der Waals surface area contributed by atoms with E-state index in [-0.39, 0.29) is 12.5 Å². The van der Waals surface area contributed by atoms with Gasteiger partial charge in [0, 0.05) is 17.0 Å². The number of nitrogen functional groups attached to an aromatic ring is 1. The molecule has 0 radical (unpaired) electrons. The Hall–Kier alpha value is -2.41. The van der Waals surface area contributed by atoms with E-state index in [1.807, 2.05) is 25.1 Å². The summed E-state index contributed by atoms with van der Waals surface area (Å²) < 4.78 is 5.89. The van der Waals surface area contributed by atoms with Crippen molar-refractivity contribution in [1.82, 2.24) is 15.5 Å². The number of fused-ring (bicyclic) bond motifs is 1. The Morgan fingerprint density at radius 1 is 1.43 bits per heavy atom. The van der Waals surface area contributed by atoms with Crippen LogP contribution in [0.25, 0.3) is 10.1 Å². The van der Waals surface area contributed by atoms with Crippen LogP contribution >= 0.6 is 11.3 Å². The van der Waals surface area contributed by atoms with Gasteiger partial charge in [0.2, 0.25) is 5.89 Å². The van der Waals surface area contributed by atoms with Gasteiger partial charge >= 0.3 is 0 Å². The van der Waals surface area contributed by atoms with Gasteiger partial charge in [-0.3, -0.25) is 4.79 Å². The molecule has 1 amide bonds. The number of hydrogen-bond acceptors (Lipinski definition) is 6. The first-order chi connectivity index (χ1) is 10.1. The van der Waals surface area contributed by atoms with E-state index < -0.39 is 0 Å². The molecule has 0 aliphatic carbocycles. The van der Waals surface area contributed by atoms with Gasteiger partial charge < -0.3 is 15.6 Å². The van der Waals surface area contributed by atoms with Gasteiger partial charge in [0.05, 0.1) is 12.2 Å². The van der Waals surface area contributed by atoms with Gasteiger partial charge in [0.1, 0.15) is 4.88 Å². The summed E-state index contributed by atoms with van der Waals surface area (Å²) in [5.41, 5.74) is 7.70. The molecule has 0 spiro atoms. The fraction of sp³-hybridized carbons (Fsp3) is 0.214. The number of hydrogen-bond donors (Lipinski definition) is 2. The van der Waals surface area contributed by atoms with Crippen molar-refractivity contribution in [2.45, 2.75) is 20.4 Å². The fourth-order valence-electron chi connectivity index (χ4n) is 2.10. The van der Waals surface area contributed by atoms with Crippen LogP contribution in [-0.2, 0) is 6.54 Å². The van der Waals surface area contributed by atoms with Crippen molar-refractivity contribution >= 4 is 33.0 Å². The predicted molar refractivity (Wildman–Crippen MR) is 81.2 cm³/mol. The number of thiophene rings is 1. The summed E-state index contributed by atoms with van der Waals surface area (Å²) in [6.45, 7) is 3.91. The Balaban J connectivity index is 1.84. The lowest BCUT2D eigenvalue weighted by Gasteiger charge is -2.00. The van der Waals surface area contributed by atoms with E-state index in [0.717, 1.165) is 15.6 Å². The summed E-state index contributed by atoms with van der Waals surface area (Å²) in [6.07, 6.45) is 0. The number of anilines is 1. The second-order valence-corrected chi connectivity index (χ2v) is 5.73. The Bertz CT molecular complexity index is 822. The van der Waals surface area contributed by atoms with Gasteiger partial charge in [-0.15, -0.1) is 11.3 Å². The van der Waals surface area contributed by atoms with E-state index >= 15 is 0 Å². The zero-order chi connectivity index (χ0) is 15.0. The van der Waals surface area contributed by atoms with Crippen molar-refractivity contribution < 1.29 is 9.32 Å². The van der Waals surface area contributed by atoms with Gasteiger partial charge in [-0.05, 0) is 12.5 Å². The maximum Gasteiger partial charge on any atom is 0.263 e. The Morgan fingerprint density at radius 2 is 2.24 bits per heavy atom. The number of carbonyl (C=O) groups is 1. The van der Waals surface area contributed by atoms with Crippen LogP contribution in [0.2, 0.25) is 0 Å². The van der Waals surface area contributed by atoms with E-state index in [1.54, 1.807) is 6.92 Å². The number of aromatic nitrogens is 2. The molecule has 3 rings (SSSR count). The van der Waals surface area contributed by atoms with Crippen LogP contribution in [0.15, 0.2) is 22.7 Å². The lowest BCUT2D eigenvalue weighted by Crippen LogP contribution is -2.23. The highest BCUT2D eigenvalue weighted by Crippen LogP contribution is 2.35. The van der Waals surface area contributed by atoms with Crippen LogP contribution in [0.1, 0.15) is 27.0 Å². The molecule has 108 valence electrons. The van der Waals surface area contributed by atoms with Gasteiger partial charge in [-0.1, -0.05) is 23.4 Å². The number of aryl methyl sites for hydroxylation is 2. The average Bonchev–Trinajstić information content (AvgIpc) is 3.02. The average molecular weight is 302 g/mol. The van der Waals surface area contributed by atoms with E-state index in [0.29, 0.717) is 22.3 Å². The fourth-order valence-corrected chi connectivity index (χ4v) is 3.21. The van der Waals surface area contributed by atoms with Crippen molar-refractivity contribution in [1.29, 1.82) is 0 Å². The molecule has 6 nitrogen and oxygen atoms in total. The Kier molecular flexibility index (Phi) is 3.34. The number of nitrogens with two attached hydrogens (primary N) is 1. The number of amides is 1. The molecule has 7 heteroatoms. The molecule has 2 heterocycles. The molecule has 0 saturated heterocycles. The first kappa shape index (κ1) is 13.6. The summed E-state index contributed by atoms with van der Waals surface area (Å²) >= 11 is 1.40. The Labute approximate surface area is 125 Å². The molecule has 0 fully saturated rings. The first-order valence-electron chi connectivity index (χ1n) is 6.41. The molecule has 0 saturated carbocycles.